The first-order valence-corrected chi connectivity index (χ1v) is 23.0. The highest BCUT2D eigenvalue weighted by atomic mass is 32.1. The lowest BCUT2D eigenvalue weighted by atomic mass is 9.97. The van der Waals surface area contributed by atoms with Gasteiger partial charge < -0.3 is 75.2 Å². The van der Waals surface area contributed by atoms with E-state index in [4.69, 9.17) is 82.3 Å². The van der Waals surface area contributed by atoms with Gasteiger partial charge in [-0.15, -0.1) is 0 Å². The summed E-state index contributed by atoms with van der Waals surface area (Å²) in [6.45, 7) is 11.8. The first-order valence-electron chi connectivity index (χ1n) is 22.6. The second-order valence-corrected chi connectivity index (χ2v) is 18.1. The molecule has 6 rings (SSSR count). The van der Waals surface area contributed by atoms with Crippen LogP contribution < -0.4 is 14.9 Å². The molecule has 26 heteroatoms. The molecular weight excluding hydrogens is 1010 g/mol. The molecule has 10 atom stereocenters. The van der Waals surface area contributed by atoms with Crippen LogP contribution >= 0.6 is 12.2 Å². The quantitative estimate of drug-likeness (QED) is 0.0686. The maximum Gasteiger partial charge on any atom is 0.363 e. The minimum absolute atomic E-state index is 0.0221. The van der Waals surface area contributed by atoms with Crippen molar-refractivity contribution in [3.8, 4) is 28.6 Å². The summed E-state index contributed by atoms with van der Waals surface area (Å²) in [5.41, 5.74) is -2.07. The minimum Gasteiger partial charge on any atom is -0.507 e. The number of aromatic hydroxyl groups is 1. The molecule has 0 bridgehead atoms. The number of esters is 8. The molecular formula is C48H52O25S. The zero-order chi connectivity index (χ0) is 54.5. The average molecular weight is 1060 g/mol. The van der Waals surface area contributed by atoms with Crippen molar-refractivity contribution in [2.45, 2.75) is 149 Å². The van der Waals surface area contributed by atoms with E-state index in [1.54, 1.807) is 20.8 Å². The van der Waals surface area contributed by atoms with Crippen LogP contribution in [0, 0.1) is 4.90 Å². The Bertz CT molecular complexity index is 2940. The van der Waals surface area contributed by atoms with Crippen LogP contribution in [0.2, 0.25) is 0 Å². The van der Waals surface area contributed by atoms with Crippen molar-refractivity contribution in [2.75, 3.05) is 6.61 Å². The van der Waals surface area contributed by atoms with E-state index in [2.05, 4.69) is 0 Å². The molecule has 2 aliphatic rings. The highest BCUT2D eigenvalue weighted by Gasteiger charge is 2.55. The fourth-order valence-corrected chi connectivity index (χ4v) is 8.08. The van der Waals surface area contributed by atoms with Gasteiger partial charge in [-0.05, 0) is 45.9 Å². The SMILES string of the molecule is CC(=O)OC1[C@H](Oc2c(-c3ccc4oc(=S)oc4c3)oc3cc(OC(=O)CCC(=O)OC(C)(C)C)cc(O)c3c2=O)O[C@H](CO[C@H]2OC(C)C(OC(C)=O)[C@@H](OC(C)=O)[C@H]2OC(C)=O)C(OC(C)=O)[C@@H]1OC(C)=O. The van der Waals surface area contributed by atoms with Crippen molar-refractivity contribution in [3.05, 3.63) is 45.5 Å². The first kappa shape index (κ1) is 55.9. The normalized spacial score (nSPS) is 23.7. The third kappa shape index (κ3) is 14.0. The topological polar surface area (TPSA) is 324 Å². The van der Waals surface area contributed by atoms with Crippen LogP contribution in [-0.4, -0.2) is 126 Å². The van der Waals surface area contributed by atoms with E-state index in [0.29, 0.717) is 0 Å². The van der Waals surface area contributed by atoms with E-state index >= 15 is 0 Å². The number of ether oxygens (including phenoxy) is 12. The molecule has 74 heavy (non-hydrogen) atoms. The number of carbonyl (C=O) groups is 8. The Kier molecular flexibility index (Phi) is 17.5. The standard InChI is InChI=1S/C48H52O25S/c1-19-37(61-20(2)49)41(63-22(4)51)43(65-24(6)53)45(60-19)59-18-32-39(62-21(3)50)42(64-23(5)52)44(66-25(7)54)46(69-32)72-40-36(58)35-28(55)16-27(67-33(56)13-14-34(57)73-48(8,9)10)17-31(35)68-38(40)26-11-12-29-30(15-26)71-47(74)70-29/h11-12,15-17,19,32,37,39,41-46,55H,13-14,18H2,1-10H3/t19?,32-,37?,39?,41-,42+,43-,44?,45+,46+/m1/s1. The number of hydrogen-bond donors (Lipinski definition) is 1. The molecule has 0 saturated carbocycles. The summed E-state index contributed by atoms with van der Waals surface area (Å²) in [6.07, 6.45) is -17.2. The lowest BCUT2D eigenvalue weighted by molar-refractivity contribution is -0.323. The van der Waals surface area contributed by atoms with Crippen molar-refractivity contribution >= 4 is 82.1 Å². The Hall–Kier alpha value is -7.42. The number of phenolic OH excluding ortho intramolecular Hbond substituents is 1. The maximum absolute atomic E-state index is 14.8. The molecule has 4 unspecified atom stereocenters. The average Bonchev–Trinajstić information content (AvgIpc) is 3.65. The molecule has 0 amide bonds. The number of hydrogen-bond acceptors (Lipinski definition) is 26. The molecule has 2 aromatic carbocycles. The summed E-state index contributed by atoms with van der Waals surface area (Å²) in [4.78, 5) is 115. The largest absolute Gasteiger partial charge is 0.507 e. The molecule has 2 aliphatic heterocycles. The summed E-state index contributed by atoms with van der Waals surface area (Å²) in [5.74, 6) is -9.45. The van der Waals surface area contributed by atoms with Crippen LogP contribution in [0.1, 0.15) is 82.1 Å². The van der Waals surface area contributed by atoms with E-state index in [1.807, 2.05) is 0 Å². The molecule has 0 radical (unpaired) electrons. The summed E-state index contributed by atoms with van der Waals surface area (Å²) in [5, 5.41) is 10.8. The molecule has 25 nitrogen and oxygen atoms in total. The molecule has 0 spiro atoms. The predicted molar refractivity (Wildman–Crippen MR) is 246 cm³/mol. The van der Waals surface area contributed by atoms with Crippen LogP contribution in [-0.2, 0) is 85.7 Å². The van der Waals surface area contributed by atoms with Crippen molar-refractivity contribution < 1.29 is 114 Å². The van der Waals surface area contributed by atoms with Crippen LogP contribution in [0.25, 0.3) is 33.5 Å². The number of phenols is 1. The second-order valence-electron chi connectivity index (χ2n) is 17.7. The number of rotatable bonds is 16. The first-order chi connectivity index (χ1) is 34.7. The van der Waals surface area contributed by atoms with Gasteiger partial charge in [-0.2, -0.15) is 0 Å². The Morgan fingerprint density at radius 3 is 1.74 bits per heavy atom. The molecule has 0 aliphatic carbocycles. The molecule has 4 heterocycles. The van der Waals surface area contributed by atoms with Gasteiger partial charge in [0.25, 0.3) is 0 Å². The lowest BCUT2D eigenvalue weighted by Gasteiger charge is -2.46. The minimum atomic E-state index is -2.06. The van der Waals surface area contributed by atoms with Gasteiger partial charge in [0.1, 0.15) is 34.2 Å². The van der Waals surface area contributed by atoms with Crippen LogP contribution in [0.15, 0.2) is 48.4 Å². The van der Waals surface area contributed by atoms with E-state index < -0.39 is 156 Å². The smallest absolute Gasteiger partial charge is 0.363 e. The predicted octanol–water partition coefficient (Wildman–Crippen LogP) is 4.72. The Balaban J connectivity index is 1.45. The molecule has 2 saturated heterocycles. The van der Waals surface area contributed by atoms with E-state index in [0.717, 1.165) is 53.7 Å². The fraction of sp³-hybridized carbons (Fsp3) is 0.500. The van der Waals surface area contributed by atoms with E-state index in [9.17, 15) is 48.3 Å². The third-order valence-corrected chi connectivity index (χ3v) is 10.6. The fourth-order valence-electron chi connectivity index (χ4n) is 7.90. The van der Waals surface area contributed by atoms with Gasteiger partial charge in [-0.1, -0.05) is 0 Å². The van der Waals surface area contributed by atoms with Gasteiger partial charge in [0.15, 0.2) is 53.7 Å². The third-order valence-electron chi connectivity index (χ3n) is 10.5. The number of benzene rings is 2. The number of carbonyl (C=O) groups excluding carboxylic acids is 8. The lowest BCUT2D eigenvalue weighted by Crippen LogP contribution is -2.65. The van der Waals surface area contributed by atoms with Gasteiger partial charge in [0.2, 0.25) is 23.6 Å². The second kappa shape index (κ2) is 23.2. The Morgan fingerprint density at radius 1 is 0.622 bits per heavy atom. The molecule has 4 aromatic rings. The van der Waals surface area contributed by atoms with Gasteiger partial charge in [-0.3, -0.25) is 43.2 Å². The summed E-state index contributed by atoms with van der Waals surface area (Å²) in [6, 6.07) is 6.16. The van der Waals surface area contributed by atoms with Crippen LogP contribution in [0.5, 0.6) is 17.2 Å². The molecule has 400 valence electrons. The van der Waals surface area contributed by atoms with Crippen LogP contribution in [0.3, 0.4) is 0 Å². The molecule has 2 aromatic heterocycles. The highest BCUT2D eigenvalue weighted by Crippen LogP contribution is 2.40. The zero-order valence-corrected chi connectivity index (χ0v) is 42.3. The van der Waals surface area contributed by atoms with Gasteiger partial charge in [0.05, 0.1) is 25.6 Å². The monoisotopic (exact) mass is 1060 g/mol. The van der Waals surface area contributed by atoms with Crippen molar-refractivity contribution in [2.24, 2.45) is 0 Å². The zero-order valence-electron chi connectivity index (χ0n) is 41.4. The Labute approximate surface area is 424 Å². The van der Waals surface area contributed by atoms with Crippen molar-refractivity contribution in [3.63, 3.8) is 0 Å². The van der Waals surface area contributed by atoms with Gasteiger partial charge in [-0.25, -0.2) is 0 Å². The summed E-state index contributed by atoms with van der Waals surface area (Å²) < 4.78 is 85.7. The van der Waals surface area contributed by atoms with E-state index in [-0.39, 0.29) is 39.4 Å². The van der Waals surface area contributed by atoms with Crippen molar-refractivity contribution in [1.29, 1.82) is 0 Å². The summed E-state index contributed by atoms with van der Waals surface area (Å²) >= 11 is 5.05. The van der Waals surface area contributed by atoms with Crippen molar-refractivity contribution in [1.82, 2.24) is 0 Å². The Morgan fingerprint density at radius 2 is 1.15 bits per heavy atom. The molecule has 1 N–H and O–H groups in total. The number of fused-ring (bicyclic) bond motifs is 2. The maximum atomic E-state index is 14.8. The van der Waals surface area contributed by atoms with Crippen LogP contribution in [0.4, 0.5) is 0 Å². The highest BCUT2D eigenvalue weighted by molar-refractivity contribution is 7.71. The van der Waals surface area contributed by atoms with Gasteiger partial charge in [0, 0.05) is 71.5 Å². The van der Waals surface area contributed by atoms with Gasteiger partial charge >= 0.3 is 52.7 Å². The van der Waals surface area contributed by atoms with E-state index in [1.165, 1.54) is 25.1 Å². The molecule has 2 fully saturated rings. The summed E-state index contributed by atoms with van der Waals surface area (Å²) in [7, 11) is 0.